The molecule has 5 aliphatic rings. The van der Waals surface area contributed by atoms with E-state index in [1.165, 1.54) is 19.9 Å². The lowest BCUT2D eigenvalue weighted by Gasteiger charge is -2.48. The number of amides is 4. The first-order valence-corrected chi connectivity index (χ1v) is 23.1. The number of halogens is 1. The van der Waals surface area contributed by atoms with Crippen LogP contribution in [0.3, 0.4) is 0 Å². The van der Waals surface area contributed by atoms with E-state index in [0.29, 0.717) is 46.7 Å². The molecule has 0 bridgehead atoms. The fraction of sp³-hybridized carbons (Fsp3) is 0.511. The van der Waals surface area contributed by atoms with Crippen molar-refractivity contribution in [2.24, 2.45) is 11.3 Å². The van der Waals surface area contributed by atoms with Crippen molar-refractivity contribution in [1.29, 1.82) is 0 Å². The van der Waals surface area contributed by atoms with Crippen molar-refractivity contribution < 1.29 is 23.9 Å². The number of carbonyl (C=O) groups is 4. The molecule has 7 heterocycles. The summed E-state index contributed by atoms with van der Waals surface area (Å²) in [6.45, 7) is 11.1. The molecule has 338 valence electrons. The number of anilines is 4. The number of carbonyl (C=O) groups excluding carboxylic acids is 4. The second-order valence-corrected chi connectivity index (χ2v) is 18.9. The summed E-state index contributed by atoms with van der Waals surface area (Å²) < 4.78 is 7.29. The molecule has 16 nitrogen and oxygen atoms in total. The summed E-state index contributed by atoms with van der Waals surface area (Å²) in [5.74, 6) is 0.739. The van der Waals surface area contributed by atoms with Gasteiger partial charge in [-0.05, 0) is 131 Å². The molecule has 3 N–H and O–H groups in total. The van der Waals surface area contributed by atoms with Crippen molar-refractivity contribution in [3.8, 4) is 5.75 Å². The van der Waals surface area contributed by atoms with Gasteiger partial charge in [0.15, 0.2) is 18.2 Å². The topological polar surface area (TPSA) is 174 Å². The fourth-order valence-electron chi connectivity index (χ4n) is 10.4. The van der Waals surface area contributed by atoms with Gasteiger partial charge in [0.2, 0.25) is 17.8 Å². The van der Waals surface area contributed by atoms with Gasteiger partial charge in [-0.15, -0.1) is 0 Å². The summed E-state index contributed by atoms with van der Waals surface area (Å²) in [4.78, 5) is 81.0. The summed E-state index contributed by atoms with van der Waals surface area (Å²) in [6.07, 6.45) is 9.15. The van der Waals surface area contributed by atoms with Gasteiger partial charge < -0.3 is 39.5 Å². The van der Waals surface area contributed by atoms with E-state index in [1.807, 2.05) is 38.1 Å². The number of ether oxygens (including phenoxy) is 1. The number of pyridine rings is 1. The lowest BCUT2D eigenvalue weighted by molar-refractivity contribution is -0.137. The predicted octanol–water partition coefficient (Wildman–Crippen LogP) is 5.25. The molecule has 0 aliphatic carbocycles. The van der Waals surface area contributed by atoms with Crippen LogP contribution in [0, 0.1) is 11.3 Å². The van der Waals surface area contributed by atoms with Gasteiger partial charge in [0.1, 0.15) is 11.1 Å². The number of rotatable bonds is 11. The molecule has 1 atom stereocenters. The highest BCUT2D eigenvalue weighted by Gasteiger charge is 2.41. The van der Waals surface area contributed by atoms with Gasteiger partial charge in [-0.25, -0.2) is 4.98 Å². The zero-order valence-corrected chi connectivity index (χ0v) is 37.6. The Morgan fingerprint density at radius 3 is 2.41 bits per heavy atom. The number of benzene rings is 2. The number of hydrogen-bond donors (Lipinski definition) is 3. The molecule has 5 aliphatic heterocycles. The molecule has 1 spiro atoms. The summed E-state index contributed by atoms with van der Waals surface area (Å²) in [6, 6.07) is 12.7. The van der Waals surface area contributed by atoms with E-state index in [2.05, 4.69) is 47.8 Å². The minimum Gasteiger partial charge on any atom is -0.478 e. The van der Waals surface area contributed by atoms with Gasteiger partial charge in [-0.2, -0.15) is 4.98 Å². The van der Waals surface area contributed by atoms with Crippen LogP contribution in [0.2, 0.25) is 5.02 Å². The van der Waals surface area contributed by atoms with Crippen LogP contribution in [0.5, 0.6) is 5.75 Å². The van der Waals surface area contributed by atoms with Crippen molar-refractivity contribution in [3.05, 3.63) is 75.2 Å². The van der Waals surface area contributed by atoms with Crippen LogP contribution in [0.25, 0.3) is 10.9 Å². The van der Waals surface area contributed by atoms with E-state index in [9.17, 15) is 24.0 Å². The molecule has 4 saturated heterocycles. The van der Waals surface area contributed by atoms with Crippen molar-refractivity contribution in [3.63, 3.8) is 0 Å². The van der Waals surface area contributed by atoms with Crippen LogP contribution >= 0.6 is 11.6 Å². The smallest absolute Gasteiger partial charge is 0.293 e. The average molecular weight is 893 g/mol. The zero-order valence-electron chi connectivity index (χ0n) is 36.8. The van der Waals surface area contributed by atoms with Gasteiger partial charge in [-0.3, -0.25) is 29.3 Å². The number of likely N-dealkylation sites (N-methyl/N-ethyl adjacent to an activating group) is 1. The van der Waals surface area contributed by atoms with E-state index in [1.54, 1.807) is 21.7 Å². The molecular formula is C47H57ClN10O6. The largest absolute Gasteiger partial charge is 0.478 e. The van der Waals surface area contributed by atoms with E-state index in [-0.39, 0.29) is 54.0 Å². The third kappa shape index (κ3) is 8.86. The molecule has 4 fully saturated rings. The lowest BCUT2D eigenvalue weighted by Crippen LogP contribution is -2.52. The van der Waals surface area contributed by atoms with Crippen molar-refractivity contribution >= 4 is 69.3 Å². The van der Waals surface area contributed by atoms with Gasteiger partial charge >= 0.3 is 0 Å². The van der Waals surface area contributed by atoms with Crippen LogP contribution in [-0.2, 0) is 20.9 Å². The van der Waals surface area contributed by atoms with Crippen LogP contribution in [0.4, 0.5) is 23.1 Å². The fourth-order valence-corrected chi connectivity index (χ4v) is 10.5. The molecule has 17 heteroatoms. The second kappa shape index (κ2) is 18.0. The molecular weight excluding hydrogens is 836 g/mol. The average Bonchev–Trinajstić information content (AvgIpc) is 3.62. The first-order chi connectivity index (χ1) is 30.9. The van der Waals surface area contributed by atoms with Crippen LogP contribution in [0.1, 0.15) is 87.2 Å². The highest BCUT2D eigenvalue weighted by molar-refractivity contribution is 6.33. The van der Waals surface area contributed by atoms with Gasteiger partial charge in [-0.1, -0.05) is 11.6 Å². The molecule has 4 aromatic rings. The molecule has 2 aromatic carbocycles. The Hall–Kier alpha value is -5.74. The maximum Gasteiger partial charge on any atom is 0.293 e. The standard InChI is InChI=1S/C47H57ClN10O6/c1-29(2)58-37-7-4-33(22-31(37)24-39(45(58)63)64-28-41(60)49-3)51-42-36(48)25-50-46(53-42)56-16-10-30(11-17-56)26-54-18-12-47(13-19-54)14-20-55(21-15-47)34-5-6-35-32(23-34)27-57(44(35)62)38-8-9-40(59)52-43(38)61/h4-7,22-25,29-30,38H,8-21,26-28H2,1-3H3,(H,49,60)(H,50,51,53)(H,52,59,61). The Kier molecular flexibility index (Phi) is 12.3. The SMILES string of the molecule is CNC(=O)COc1cc2cc(Nc3nc(N4CCC(CN5CCC6(CC5)CCN(c5ccc7c(c5)CN(C5CCC(=O)NC5=O)C7=O)CC6)CC4)ncc3Cl)ccc2n(C(C)C)c1=O. The minimum atomic E-state index is -0.600. The number of nitrogens with zero attached hydrogens (tertiary/aromatic N) is 7. The summed E-state index contributed by atoms with van der Waals surface area (Å²) >= 11 is 6.63. The molecule has 0 radical (unpaired) electrons. The number of imide groups is 1. The predicted molar refractivity (Wildman–Crippen MR) is 245 cm³/mol. The van der Waals surface area contributed by atoms with E-state index in [4.69, 9.17) is 21.3 Å². The lowest BCUT2D eigenvalue weighted by atomic mass is 9.71. The highest BCUT2D eigenvalue weighted by Crippen LogP contribution is 2.43. The molecule has 1 unspecified atom stereocenters. The maximum atomic E-state index is 13.3. The number of piperidine rings is 4. The third-order valence-electron chi connectivity index (χ3n) is 14.2. The van der Waals surface area contributed by atoms with Crippen LogP contribution in [-0.4, -0.2) is 113 Å². The Morgan fingerprint density at radius 1 is 0.938 bits per heavy atom. The van der Waals surface area contributed by atoms with Crippen molar-refractivity contribution in [1.82, 2.24) is 35.0 Å². The first-order valence-electron chi connectivity index (χ1n) is 22.7. The summed E-state index contributed by atoms with van der Waals surface area (Å²) in [5.41, 5.74) is 4.31. The van der Waals surface area contributed by atoms with E-state index >= 15 is 0 Å². The molecule has 0 saturated carbocycles. The van der Waals surface area contributed by atoms with E-state index < -0.39 is 6.04 Å². The van der Waals surface area contributed by atoms with Gasteiger partial charge in [0.25, 0.3) is 17.4 Å². The number of aromatic nitrogens is 3. The highest BCUT2D eigenvalue weighted by atomic mass is 35.5. The number of fused-ring (bicyclic) bond motifs is 2. The first kappa shape index (κ1) is 43.5. The third-order valence-corrected chi connectivity index (χ3v) is 14.5. The number of nitrogens with one attached hydrogen (secondary N) is 3. The monoisotopic (exact) mass is 892 g/mol. The Bertz CT molecular complexity index is 2520. The van der Waals surface area contributed by atoms with E-state index in [0.717, 1.165) is 99.3 Å². The Morgan fingerprint density at radius 2 is 1.69 bits per heavy atom. The summed E-state index contributed by atoms with van der Waals surface area (Å²) in [7, 11) is 1.52. The zero-order chi connectivity index (χ0) is 44.7. The summed E-state index contributed by atoms with van der Waals surface area (Å²) in [5, 5.41) is 9.43. The van der Waals surface area contributed by atoms with Crippen LogP contribution in [0.15, 0.2) is 53.5 Å². The Balaban J connectivity index is 0.753. The Labute approximate surface area is 377 Å². The number of hydrogen-bond acceptors (Lipinski definition) is 12. The quantitative estimate of drug-likeness (QED) is 0.167. The maximum absolute atomic E-state index is 13.3. The van der Waals surface area contributed by atoms with Gasteiger partial charge in [0.05, 0.1) is 11.7 Å². The van der Waals surface area contributed by atoms with Crippen molar-refractivity contribution in [2.45, 2.75) is 83.8 Å². The molecule has 9 rings (SSSR count). The van der Waals surface area contributed by atoms with Gasteiger partial charge in [0, 0.05) is 81.1 Å². The minimum absolute atomic E-state index is 0.104. The van der Waals surface area contributed by atoms with Crippen LogP contribution < -0.4 is 36.0 Å². The van der Waals surface area contributed by atoms with Crippen molar-refractivity contribution in [2.75, 3.05) is 74.6 Å². The molecule has 2 aromatic heterocycles. The molecule has 64 heavy (non-hydrogen) atoms. The second-order valence-electron chi connectivity index (χ2n) is 18.5. The number of likely N-dealkylation sites (tertiary alicyclic amines) is 1. The normalized spacial score (nSPS) is 20.5. The molecule has 4 amide bonds.